The first-order valence-electron chi connectivity index (χ1n) is 7.33. The van der Waals surface area contributed by atoms with Crippen LogP contribution in [-0.4, -0.2) is 18.4 Å². The summed E-state index contributed by atoms with van der Waals surface area (Å²) in [6.07, 6.45) is -5.00. The fourth-order valence-corrected chi connectivity index (χ4v) is 2.28. The lowest BCUT2D eigenvalue weighted by atomic mass is 10.1. The predicted molar refractivity (Wildman–Crippen MR) is 88.2 cm³/mol. The van der Waals surface area contributed by atoms with Gasteiger partial charge in [-0.15, -0.1) is 0 Å². The van der Waals surface area contributed by atoms with Gasteiger partial charge in [0.1, 0.15) is 5.82 Å². The normalized spacial score (nSPS) is 11.1. The van der Waals surface area contributed by atoms with Crippen LogP contribution in [0.4, 0.5) is 23.2 Å². The molecule has 0 fully saturated rings. The topological polar surface area (TPSA) is 58.2 Å². The van der Waals surface area contributed by atoms with E-state index >= 15 is 0 Å². The van der Waals surface area contributed by atoms with Crippen LogP contribution >= 0.6 is 11.6 Å². The Morgan fingerprint density at radius 1 is 1.04 bits per heavy atom. The molecule has 0 heterocycles. The zero-order valence-electron chi connectivity index (χ0n) is 13.2. The van der Waals surface area contributed by atoms with Crippen LogP contribution in [-0.2, 0) is 22.2 Å². The molecule has 0 bridgehead atoms. The lowest BCUT2D eigenvalue weighted by molar-refractivity contribution is -0.137. The number of amides is 2. The third kappa shape index (κ3) is 5.45. The standard InChI is InChI=1S/C17H13ClF4N2O2/c18-11-5-6-14(12(8-11)17(20,21)22)24-16(26)9-23-15(25)7-10-3-1-2-4-13(10)19/h1-6,8H,7,9H2,(H,23,25)(H,24,26). The molecule has 0 aromatic heterocycles. The van der Waals surface area contributed by atoms with Crippen LogP contribution in [0, 0.1) is 5.82 Å². The van der Waals surface area contributed by atoms with Crippen molar-refractivity contribution in [1.29, 1.82) is 0 Å². The van der Waals surface area contributed by atoms with Gasteiger partial charge in [0.2, 0.25) is 11.8 Å². The predicted octanol–water partition coefficient (Wildman–Crippen LogP) is 3.80. The number of nitrogens with one attached hydrogen (secondary N) is 2. The zero-order valence-corrected chi connectivity index (χ0v) is 13.9. The fourth-order valence-electron chi connectivity index (χ4n) is 2.11. The van der Waals surface area contributed by atoms with Gasteiger partial charge in [0.15, 0.2) is 0 Å². The lowest BCUT2D eigenvalue weighted by Crippen LogP contribution is -2.34. The van der Waals surface area contributed by atoms with E-state index in [0.29, 0.717) is 6.07 Å². The van der Waals surface area contributed by atoms with Crippen LogP contribution in [0.15, 0.2) is 42.5 Å². The van der Waals surface area contributed by atoms with Crippen molar-refractivity contribution < 1.29 is 27.2 Å². The summed E-state index contributed by atoms with van der Waals surface area (Å²) in [6, 6.07) is 8.53. The van der Waals surface area contributed by atoms with Gasteiger partial charge < -0.3 is 10.6 Å². The van der Waals surface area contributed by atoms with Crippen molar-refractivity contribution in [2.45, 2.75) is 12.6 Å². The first-order valence-corrected chi connectivity index (χ1v) is 7.71. The Kier molecular flexibility index (Phi) is 6.20. The molecule has 0 aliphatic carbocycles. The first kappa shape index (κ1) is 19.7. The van der Waals surface area contributed by atoms with Gasteiger partial charge in [-0.3, -0.25) is 9.59 Å². The van der Waals surface area contributed by atoms with Crippen molar-refractivity contribution in [3.8, 4) is 0 Å². The van der Waals surface area contributed by atoms with Crippen LogP contribution in [0.2, 0.25) is 5.02 Å². The Morgan fingerprint density at radius 2 is 1.73 bits per heavy atom. The number of rotatable bonds is 5. The molecule has 0 unspecified atom stereocenters. The average molecular weight is 389 g/mol. The number of anilines is 1. The second kappa shape index (κ2) is 8.18. The Balaban J connectivity index is 1.95. The summed E-state index contributed by atoms with van der Waals surface area (Å²) in [5, 5.41) is 4.16. The molecule has 0 spiro atoms. The van der Waals surface area contributed by atoms with E-state index in [1.54, 1.807) is 6.07 Å². The van der Waals surface area contributed by atoms with E-state index in [0.717, 1.165) is 6.07 Å². The molecule has 2 rings (SSSR count). The van der Waals surface area contributed by atoms with Gasteiger partial charge in [-0.2, -0.15) is 13.2 Å². The average Bonchev–Trinajstić information content (AvgIpc) is 2.56. The van der Waals surface area contributed by atoms with Gasteiger partial charge in [-0.1, -0.05) is 29.8 Å². The number of carbonyl (C=O) groups is 2. The van der Waals surface area contributed by atoms with E-state index in [1.165, 1.54) is 24.3 Å². The van der Waals surface area contributed by atoms with E-state index in [2.05, 4.69) is 10.6 Å². The molecule has 0 radical (unpaired) electrons. The molecule has 0 atom stereocenters. The monoisotopic (exact) mass is 388 g/mol. The molecule has 2 aromatic rings. The number of carbonyl (C=O) groups excluding carboxylic acids is 2. The highest BCUT2D eigenvalue weighted by Crippen LogP contribution is 2.36. The highest BCUT2D eigenvalue weighted by molar-refractivity contribution is 6.30. The Hall–Kier alpha value is -2.61. The second-order valence-electron chi connectivity index (χ2n) is 5.28. The Morgan fingerprint density at radius 3 is 2.38 bits per heavy atom. The molecule has 26 heavy (non-hydrogen) atoms. The van der Waals surface area contributed by atoms with Crippen LogP contribution < -0.4 is 10.6 Å². The SMILES string of the molecule is O=C(Cc1ccccc1F)NCC(=O)Nc1ccc(Cl)cc1C(F)(F)F. The highest BCUT2D eigenvalue weighted by atomic mass is 35.5. The minimum Gasteiger partial charge on any atom is -0.347 e. The fraction of sp³-hybridized carbons (Fsp3) is 0.176. The Labute approximate surface area is 151 Å². The van der Waals surface area contributed by atoms with Crippen molar-refractivity contribution in [2.75, 3.05) is 11.9 Å². The number of benzene rings is 2. The number of hydrogen-bond acceptors (Lipinski definition) is 2. The quantitative estimate of drug-likeness (QED) is 0.766. The van der Waals surface area contributed by atoms with Gasteiger partial charge >= 0.3 is 6.18 Å². The number of hydrogen-bond donors (Lipinski definition) is 2. The first-order chi connectivity index (χ1) is 12.2. The van der Waals surface area contributed by atoms with Crippen molar-refractivity contribution in [3.05, 3.63) is 64.4 Å². The van der Waals surface area contributed by atoms with Crippen LogP contribution in [0.5, 0.6) is 0 Å². The van der Waals surface area contributed by atoms with Crippen LogP contribution in [0.3, 0.4) is 0 Å². The molecule has 2 amide bonds. The zero-order chi connectivity index (χ0) is 19.3. The molecule has 2 N–H and O–H groups in total. The molecular weight excluding hydrogens is 376 g/mol. The minimum absolute atomic E-state index is 0.131. The summed E-state index contributed by atoms with van der Waals surface area (Å²) in [7, 11) is 0. The van der Waals surface area contributed by atoms with E-state index in [4.69, 9.17) is 11.6 Å². The summed E-state index contributed by atoms with van der Waals surface area (Å²) < 4.78 is 52.3. The van der Waals surface area contributed by atoms with Crippen LogP contribution in [0.1, 0.15) is 11.1 Å². The van der Waals surface area contributed by atoms with Gasteiger partial charge in [-0.05, 0) is 29.8 Å². The van der Waals surface area contributed by atoms with Crippen molar-refractivity contribution in [3.63, 3.8) is 0 Å². The second-order valence-corrected chi connectivity index (χ2v) is 5.72. The van der Waals surface area contributed by atoms with Gasteiger partial charge in [0, 0.05) is 5.02 Å². The summed E-state index contributed by atoms with van der Waals surface area (Å²) in [5.41, 5.74) is -1.44. The number of halogens is 5. The largest absolute Gasteiger partial charge is 0.418 e. The van der Waals surface area contributed by atoms with Crippen molar-refractivity contribution in [2.24, 2.45) is 0 Å². The molecule has 0 aliphatic heterocycles. The Bertz CT molecular complexity index is 825. The summed E-state index contributed by atoms with van der Waals surface area (Å²) >= 11 is 5.55. The molecular formula is C17H13ClF4N2O2. The molecule has 0 saturated heterocycles. The van der Waals surface area contributed by atoms with Crippen molar-refractivity contribution in [1.82, 2.24) is 5.32 Å². The summed E-state index contributed by atoms with van der Waals surface area (Å²) in [5.74, 6) is -2.07. The minimum atomic E-state index is -4.71. The molecule has 2 aromatic carbocycles. The molecule has 138 valence electrons. The maximum Gasteiger partial charge on any atom is 0.418 e. The third-order valence-corrected chi connectivity index (χ3v) is 3.55. The molecule has 0 saturated carbocycles. The smallest absolute Gasteiger partial charge is 0.347 e. The van der Waals surface area contributed by atoms with E-state index in [-0.39, 0.29) is 17.0 Å². The number of alkyl halides is 3. The maximum atomic E-state index is 13.4. The lowest BCUT2D eigenvalue weighted by Gasteiger charge is -2.14. The summed E-state index contributed by atoms with van der Waals surface area (Å²) in [6.45, 7) is -0.562. The molecule has 0 aliphatic rings. The van der Waals surface area contributed by atoms with Gasteiger partial charge in [-0.25, -0.2) is 4.39 Å². The maximum absolute atomic E-state index is 13.4. The van der Waals surface area contributed by atoms with E-state index in [9.17, 15) is 27.2 Å². The van der Waals surface area contributed by atoms with Crippen molar-refractivity contribution >= 4 is 29.1 Å². The van der Waals surface area contributed by atoms with Crippen LogP contribution in [0.25, 0.3) is 0 Å². The third-order valence-electron chi connectivity index (χ3n) is 3.32. The van der Waals surface area contributed by atoms with E-state index < -0.39 is 41.6 Å². The van der Waals surface area contributed by atoms with Gasteiger partial charge in [0.25, 0.3) is 0 Å². The highest BCUT2D eigenvalue weighted by Gasteiger charge is 2.34. The molecule has 9 heteroatoms. The van der Waals surface area contributed by atoms with E-state index in [1.807, 2.05) is 0 Å². The summed E-state index contributed by atoms with van der Waals surface area (Å²) in [4.78, 5) is 23.5. The molecule has 4 nitrogen and oxygen atoms in total. The van der Waals surface area contributed by atoms with Gasteiger partial charge in [0.05, 0.1) is 24.2 Å².